The number of carboxylic acids is 1. The Morgan fingerprint density at radius 3 is 1.37 bits per heavy atom. The molecule has 0 aliphatic carbocycles. The van der Waals surface area contributed by atoms with Gasteiger partial charge in [-0.3, -0.25) is 4.79 Å². The summed E-state index contributed by atoms with van der Waals surface area (Å²) in [7, 11) is 0. The molecular weight excluding hydrogens is 344 g/mol. The average Bonchev–Trinajstić information content (AvgIpc) is 2.63. The first-order valence-corrected chi connectivity index (χ1v) is 11.0. The van der Waals surface area contributed by atoms with Crippen molar-refractivity contribution in [3.63, 3.8) is 0 Å². The summed E-state index contributed by atoms with van der Waals surface area (Å²) in [6.07, 6.45) is 16.3. The van der Waals surface area contributed by atoms with Crippen LogP contribution in [0.5, 0.6) is 0 Å². The maximum Gasteiger partial charge on any atom is 0.343 e. The molecule has 0 bridgehead atoms. The summed E-state index contributed by atoms with van der Waals surface area (Å²) in [5.41, 5.74) is -2.45. The summed E-state index contributed by atoms with van der Waals surface area (Å²) >= 11 is 0. The molecule has 0 aromatic rings. The number of hydrogen-bond donors (Lipinski definition) is 3. The van der Waals surface area contributed by atoms with Crippen molar-refractivity contribution in [3.05, 3.63) is 0 Å². The molecule has 0 saturated heterocycles. The molecule has 0 radical (unpaired) electrons. The minimum Gasteiger partial charge on any atom is -0.479 e. The number of carbonyl (C=O) groups is 2. The van der Waals surface area contributed by atoms with Crippen LogP contribution in [0.1, 0.15) is 117 Å². The molecule has 0 rings (SSSR count). The molecule has 0 aliphatic heterocycles. The molecule has 0 amide bonds. The van der Waals surface area contributed by atoms with E-state index in [1.54, 1.807) is 0 Å². The lowest BCUT2D eigenvalue weighted by Gasteiger charge is -2.23. The van der Waals surface area contributed by atoms with Gasteiger partial charge in [0, 0.05) is 0 Å². The van der Waals surface area contributed by atoms with Crippen LogP contribution in [0.15, 0.2) is 0 Å². The number of ketones is 1. The van der Waals surface area contributed by atoms with Crippen molar-refractivity contribution in [2.75, 3.05) is 0 Å². The van der Waals surface area contributed by atoms with E-state index >= 15 is 0 Å². The zero-order valence-corrected chi connectivity index (χ0v) is 17.5. The van der Waals surface area contributed by atoms with E-state index in [1.807, 2.05) is 0 Å². The SMILES string of the molecule is CCCCCCCCCCCCCCCCCC(O)(C(=O)O)C(=O)C(C)O. The quantitative estimate of drug-likeness (QED) is 0.214. The Bertz CT molecular complexity index is 394. The van der Waals surface area contributed by atoms with E-state index < -0.39 is 23.5 Å². The Labute approximate surface area is 165 Å². The summed E-state index contributed by atoms with van der Waals surface area (Å²) in [6.45, 7) is 3.43. The molecule has 0 aliphatic rings. The second-order valence-corrected chi connectivity index (χ2v) is 7.91. The van der Waals surface area contributed by atoms with Crippen molar-refractivity contribution in [1.29, 1.82) is 0 Å². The minimum absolute atomic E-state index is 0.135. The molecule has 0 spiro atoms. The minimum atomic E-state index is -2.45. The van der Waals surface area contributed by atoms with Gasteiger partial charge in [0.25, 0.3) is 0 Å². The van der Waals surface area contributed by atoms with E-state index in [1.165, 1.54) is 77.6 Å². The molecule has 0 aromatic carbocycles. The fourth-order valence-corrected chi connectivity index (χ4v) is 3.43. The molecule has 0 aromatic heterocycles. The van der Waals surface area contributed by atoms with E-state index in [9.17, 15) is 19.8 Å². The topological polar surface area (TPSA) is 94.8 Å². The third-order valence-corrected chi connectivity index (χ3v) is 5.28. The predicted octanol–water partition coefficient (Wildman–Crippen LogP) is 5.01. The number of aliphatic carboxylic acids is 1. The van der Waals surface area contributed by atoms with Gasteiger partial charge in [0.2, 0.25) is 11.4 Å². The van der Waals surface area contributed by atoms with E-state index in [2.05, 4.69) is 6.92 Å². The number of unbranched alkanes of at least 4 members (excludes halogenated alkanes) is 14. The highest BCUT2D eigenvalue weighted by molar-refractivity contribution is 6.07. The van der Waals surface area contributed by atoms with Crippen LogP contribution in [0.25, 0.3) is 0 Å². The zero-order chi connectivity index (χ0) is 20.5. The number of rotatable bonds is 19. The molecule has 0 heterocycles. The molecule has 160 valence electrons. The molecule has 2 unspecified atom stereocenters. The van der Waals surface area contributed by atoms with Crippen LogP contribution in [0.4, 0.5) is 0 Å². The number of carboxylic acid groups (broad SMARTS) is 1. The fraction of sp³-hybridized carbons (Fsp3) is 0.909. The first-order chi connectivity index (χ1) is 12.9. The Morgan fingerprint density at radius 1 is 0.741 bits per heavy atom. The Hall–Kier alpha value is -0.940. The summed E-state index contributed by atoms with van der Waals surface area (Å²) in [4.78, 5) is 22.9. The largest absolute Gasteiger partial charge is 0.479 e. The molecule has 0 saturated carbocycles. The summed E-state index contributed by atoms with van der Waals surface area (Å²) in [6, 6.07) is 0. The monoisotopic (exact) mass is 386 g/mol. The second-order valence-electron chi connectivity index (χ2n) is 7.91. The Morgan fingerprint density at radius 2 is 1.07 bits per heavy atom. The summed E-state index contributed by atoms with van der Waals surface area (Å²) in [5.74, 6) is -2.60. The normalized spacial score (nSPS) is 14.7. The van der Waals surface area contributed by atoms with Crippen molar-refractivity contribution in [2.45, 2.75) is 128 Å². The van der Waals surface area contributed by atoms with Gasteiger partial charge in [0.15, 0.2) is 0 Å². The standard InChI is InChI=1S/C22H42O5/c1-3-4-5-6-7-8-9-10-11-12-13-14-15-16-17-18-22(27,21(25)26)20(24)19(2)23/h19,23,27H,3-18H2,1-2H3,(H,25,26). The van der Waals surface area contributed by atoms with Crippen LogP contribution in [0.3, 0.4) is 0 Å². The van der Waals surface area contributed by atoms with Gasteiger partial charge in [0.05, 0.1) is 0 Å². The van der Waals surface area contributed by atoms with Crippen molar-refractivity contribution < 1.29 is 24.9 Å². The number of hydrogen-bond acceptors (Lipinski definition) is 4. The van der Waals surface area contributed by atoms with E-state index in [0.717, 1.165) is 19.3 Å². The van der Waals surface area contributed by atoms with Gasteiger partial charge >= 0.3 is 5.97 Å². The molecule has 3 N–H and O–H groups in total. The van der Waals surface area contributed by atoms with Gasteiger partial charge in [-0.05, 0) is 19.8 Å². The second kappa shape index (κ2) is 16.1. The van der Waals surface area contributed by atoms with Crippen molar-refractivity contribution >= 4 is 11.8 Å². The van der Waals surface area contributed by atoms with Gasteiger partial charge in [-0.25, -0.2) is 4.79 Å². The molecule has 5 nitrogen and oxygen atoms in total. The number of carbonyl (C=O) groups excluding carboxylic acids is 1. The molecule has 2 atom stereocenters. The molecule has 0 fully saturated rings. The third kappa shape index (κ3) is 12.2. The predicted molar refractivity (Wildman–Crippen MR) is 109 cm³/mol. The van der Waals surface area contributed by atoms with Crippen LogP contribution in [0, 0.1) is 0 Å². The molecule has 5 heteroatoms. The van der Waals surface area contributed by atoms with Gasteiger partial charge in [-0.2, -0.15) is 0 Å². The van der Waals surface area contributed by atoms with Crippen LogP contribution >= 0.6 is 0 Å². The van der Waals surface area contributed by atoms with Gasteiger partial charge in [-0.15, -0.1) is 0 Å². The fourth-order valence-electron chi connectivity index (χ4n) is 3.43. The van der Waals surface area contributed by atoms with Crippen molar-refractivity contribution in [2.24, 2.45) is 0 Å². The first kappa shape index (κ1) is 26.1. The maximum absolute atomic E-state index is 11.7. The van der Waals surface area contributed by atoms with Crippen LogP contribution < -0.4 is 0 Å². The highest BCUT2D eigenvalue weighted by atomic mass is 16.4. The number of Topliss-reactive ketones (excluding diaryl/α,β-unsaturated/α-hetero) is 1. The Balaban J connectivity index is 3.56. The van der Waals surface area contributed by atoms with E-state index in [4.69, 9.17) is 5.11 Å². The van der Waals surface area contributed by atoms with Gasteiger partial charge < -0.3 is 15.3 Å². The summed E-state index contributed by atoms with van der Waals surface area (Å²) in [5, 5.41) is 28.4. The van der Waals surface area contributed by atoms with Crippen molar-refractivity contribution in [1.82, 2.24) is 0 Å². The average molecular weight is 387 g/mol. The van der Waals surface area contributed by atoms with E-state index in [0.29, 0.717) is 6.42 Å². The lowest BCUT2D eigenvalue weighted by atomic mass is 9.89. The van der Waals surface area contributed by atoms with Crippen LogP contribution in [0.2, 0.25) is 0 Å². The smallest absolute Gasteiger partial charge is 0.343 e. The zero-order valence-electron chi connectivity index (χ0n) is 17.5. The highest BCUT2D eigenvalue weighted by Gasteiger charge is 2.45. The lowest BCUT2D eigenvalue weighted by molar-refractivity contribution is -0.169. The van der Waals surface area contributed by atoms with Gasteiger partial charge in [0.1, 0.15) is 6.10 Å². The van der Waals surface area contributed by atoms with Crippen LogP contribution in [-0.4, -0.2) is 38.8 Å². The third-order valence-electron chi connectivity index (χ3n) is 5.28. The number of aliphatic hydroxyl groups is 2. The van der Waals surface area contributed by atoms with E-state index in [-0.39, 0.29) is 6.42 Å². The maximum atomic E-state index is 11.7. The molecule has 27 heavy (non-hydrogen) atoms. The molecular formula is C22H42O5. The Kier molecular flexibility index (Phi) is 15.5. The lowest BCUT2D eigenvalue weighted by Crippen LogP contribution is -2.50. The van der Waals surface area contributed by atoms with Crippen molar-refractivity contribution in [3.8, 4) is 0 Å². The van der Waals surface area contributed by atoms with Gasteiger partial charge in [-0.1, -0.05) is 96.8 Å². The summed E-state index contributed by atoms with van der Waals surface area (Å²) < 4.78 is 0. The van der Waals surface area contributed by atoms with Crippen LogP contribution in [-0.2, 0) is 9.59 Å². The first-order valence-electron chi connectivity index (χ1n) is 11.0. The highest BCUT2D eigenvalue weighted by Crippen LogP contribution is 2.20. The number of aliphatic hydroxyl groups excluding tert-OH is 1.